The molecule has 0 amide bonds. The van der Waals surface area contributed by atoms with Crippen LogP contribution >= 0.6 is 0 Å². The minimum absolute atomic E-state index is 0.108. The van der Waals surface area contributed by atoms with E-state index in [1.165, 1.54) is 12.8 Å². The molecule has 4 nitrogen and oxygen atoms in total. The van der Waals surface area contributed by atoms with Gasteiger partial charge in [0.25, 0.3) is 0 Å². The number of hydrogen-bond acceptors (Lipinski definition) is 4. The quantitative estimate of drug-likeness (QED) is 0.505. The lowest BCUT2D eigenvalue weighted by atomic mass is 9.43. The molecule has 0 N–H and O–H groups in total. The van der Waals surface area contributed by atoms with Crippen molar-refractivity contribution in [2.45, 2.75) is 65.1 Å². The number of esters is 2. The Kier molecular flexibility index (Phi) is 5.58. The van der Waals surface area contributed by atoms with Crippen LogP contribution in [0.2, 0.25) is 0 Å². The van der Waals surface area contributed by atoms with Gasteiger partial charge in [0.1, 0.15) is 12.2 Å². The Labute approximate surface area is 196 Å². The largest absolute Gasteiger partial charge is 0.455 e. The number of hydrogen-bond donors (Lipinski definition) is 0. The molecule has 0 aromatic heterocycles. The number of fused-ring (bicyclic) bond motifs is 2. The van der Waals surface area contributed by atoms with E-state index in [2.05, 4.69) is 20.8 Å². The summed E-state index contributed by atoms with van der Waals surface area (Å²) in [6.07, 6.45) is 4.63. The van der Waals surface area contributed by atoms with Gasteiger partial charge in [0.15, 0.2) is 0 Å². The normalized spacial score (nSPS) is 34.7. The molecular formula is C29H34O4. The van der Waals surface area contributed by atoms with Gasteiger partial charge in [-0.1, -0.05) is 57.2 Å². The van der Waals surface area contributed by atoms with E-state index in [0.29, 0.717) is 23.0 Å². The van der Waals surface area contributed by atoms with Crippen LogP contribution < -0.4 is 0 Å². The number of ether oxygens (including phenoxy) is 2. The average Bonchev–Trinajstić information content (AvgIpc) is 3.20. The number of carbonyl (C=O) groups excluding carboxylic acids is 2. The summed E-state index contributed by atoms with van der Waals surface area (Å²) in [6.45, 7) is 7.03. The van der Waals surface area contributed by atoms with Crippen molar-refractivity contribution in [2.75, 3.05) is 0 Å². The predicted octanol–water partition coefficient (Wildman–Crippen LogP) is 6.31. The van der Waals surface area contributed by atoms with Gasteiger partial charge in [-0.3, -0.25) is 0 Å². The second-order valence-electron chi connectivity index (χ2n) is 11.0. The molecule has 6 rings (SSSR count). The maximum Gasteiger partial charge on any atom is 0.338 e. The van der Waals surface area contributed by atoms with Crippen LogP contribution in [-0.2, 0) is 9.47 Å². The number of carbonyl (C=O) groups is 2. The van der Waals surface area contributed by atoms with Crippen LogP contribution in [0.25, 0.3) is 0 Å². The van der Waals surface area contributed by atoms with Gasteiger partial charge in [0.05, 0.1) is 11.1 Å². The van der Waals surface area contributed by atoms with E-state index in [1.807, 2.05) is 36.4 Å². The standard InChI is InChI=1S/C29H34O4/c1-19(2)29-16-14-28(3,15-17-29)24-22(29)18-23(32-26(30)20-10-6-4-7-11-20)25(24)33-27(31)21-12-8-5-9-13-21/h4-13,19,22-25H,14-18H2,1-3H3. The summed E-state index contributed by atoms with van der Waals surface area (Å²) in [5.74, 6) is 0.487. The molecule has 4 heteroatoms. The van der Waals surface area contributed by atoms with Crippen molar-refractivity contribution in [3.63, 3.8) is 0 Å². The molecule has 174 valence electrons. The molecule has 0 aliphatic heterocycles. The predicted molar refractivity (Wildman–Crippen MR) is 127 cm³/mol. The molecule has 4 fully saturated rings. The van der Waals surface area contributed by atoms with Gasteiger partial charge in [0, 0.05) is 5.92 Å². The molecule has 0 saturated heterocycles. The maximum atomic E-state index is 13.1. The molecule has 0 spiro atoms. The SMILES string of the molecule is CC(C)C12CCC(C)(CC1)C1C(OC(=O)c3ccccc3)C(OC(=O)c3ccccc3)CC12. The zero-order valence-corrected chi connectivity index (χ0v) is 19.8. The lowest BCUT2D eigenvalue weighted by Gasteiger charge is -2.62. The van der Waals surface area contributed by atoms with E-state index in [9.17, 15) is 9.59 Å². The highest BCUT2D eigenvalue weighted by molar-refractivity contribution is 5.90. The summed E-state index contributed by atoms with van der Waals surface area (Å²) in [7, 11) is 0. The number of benzene rings is 2. The highest BCUT2D eigenvalue weighted by atomic mass is 16.6. The Hall–Kier alpha value is -2.62. The summed E-state index contributed by atoms with van der Waals surface area (Å²) in [6, 6.07) is 18.3. The van der Waals surface area contributed by atoms with Crippen LogP contribution in [0.3, 0.4) is 0 Å². The molecule has 4 unspecified atom stereocenters. The molecule has 4 atom stereocenters. The molecule has 4 aliphatic rings. The minimum Gasteiger partial charge on any atom is -0.455 e. The van der Waals surface area contributed by atoms with E-state index in [-0.39, 0.29) is 28.7 Å². The summed E-state index contributed by atoms with van der Waals surface area (Å²) in [5, 5.41) is 0. The van der Waals surface area contributed by atoms with Gasteiger partial charge in [-0.25, -0.2) is 9.59 Å². The number of rotatable bonds is 5. The maximum absolute atomic E-state index is 13.1. The van der Waals surface area contributed by atoms with Crippen molar-refractivity contribution < 1.29 is 19.1 Å². The third-order valence-corrected chi connectivity index (χ3v) is 9.18. The van der Waals surface area contributed by atoms with Gasteiger partial charge in [0.2, 0.25) is 0 Å². The van der Waals surface area contributed by atoms with Crippen LogP contribution in [0, 0.1) is 28.6 Å². The first-order valence-electron chi connectivity index (χ1n) is 12.4. The zero-order chi connectivity index (χ0) is 23.2. The summed E-state index contributed by atoms with van der Waals surface area (Å²) >= 11 is 0. The molecule has 4 aliphatic carbocycles. The Balaban J connectivity index is 1.48. The molecule has 2 bridgehead atoms. The van der Waals surface area contributed by atoms with E-state index < -0.39 is 12.2 Å². The average molecular weight is 447 g/mol. The summed E-state index contributed by atoms with van der Waals surface area (Å²) in [5.41, 5.74) is 1.41. The van der Waals surface area contributed by atoms with Crippen molar-refractivity contribution in [1.82, 2.24) is 0 Å². The van der Waals surface area contributed by atoms with Crippen LogP contribution in [0.1, 0.15) is 73.6 Å². The molecule has 0 heterocycles. The van der Waals surface area contributed by atoms with Crippen LogP contribution in [-0.4, -0.2) is 24.1 Å². The van der Waals surface area contributed by atoms with Crippen LogP contribution in [0.15, 0.2) is 60.7 Å². The van der Waals surface area contributed by atoms with Crippen molar-refractivity contribution in [3.05, 3.63) is 71.8 Å². The van der Waals surface area contributed by atoms with Crippen molar-refractivity contribution in [3.8, 4) is 0 Å². The second-order valence-corrected chi connectivity index (χ2v) is 11.0. The first-order valence-corrected chi connectivity index (χ1v) is 12.4. The smallest absolute Gasteiger partial charge is 0.338 e. The van der Waals surface area contributed by atoms with E-state index in [0.717, 1.165) is 19.3 Å². The molecule has 2 aromatic carbocycles. The van der Waals surface area contributed by atoms with Gasteiger partial charge < -0.3 is 9.47 Å². The lowest BCUT2D eigenvalue weighted by molar-refractivity contribution is -0.149. The molecule has 2 aromatic rings. The Bertz CT molecular complexity index is 1000. The van der Waals surface area contributed by atoms with Gasteiger partial charge in [-0.15, -0.1) is 0 Å². The fraction of sp³-hybridized carbons (Fsp3) is 0.517. The van der Waals surface area contributed by atoms with Gasteiger partial charge >= 0.3 is 11.9 Å². The lowest BCUT2D eigenvalue weighted by Crippen LogP contribution is -2.56. The van der Waals surface area contributed by atoms with Crippen molar-refractivity contribution in [2.24, 2.45) is 28.6 Å². The summed E-state index contributed by atoms with van der Waals surface area (Å²) in [4.78, 5) is 26.2. The fourth-order valence-electron chi connectivity index (χ4n) is 7.27. The monoisotopic (exact) mass is 446 g/mol. The Morgan fingerprint density at radius 1 is 0.818 bits per heavy atom. The molecule has 0 radical (unpaired) electrons. The Morgan fingerprint density at radius 3 is 1.85 bits per heavy atom. The molecule has 4 saturated carbocycles. The van der Waals surface area contributed by atoms with Crippen molar-refractivity contribution in [1.29, 1.82) is 0 Å². The molecule has 33 heavy (non-hydrogen) atoms. The van der Waals surface area contributed by atoms with Gasteiger partial charge in [-0.2, -0.15) is 0 Å². The third-order valence-electron chi connectivity index (χ3n) is 9.18. The third kappa shape index (κ3) is 3.68. The first kappa shape index (κ1) is 22.2. The minimum atomic E-state index is -0.422. The van der Waals surface area contributed by atoms with Crippen LogP contribution in [0.4, 0.5) is 0 Å². The van der Waals surface area contributed by atoms with Gasteiger partial charge in [-0.05, 0) is 79.0 Å². The molecular weight excluding hydrogens is 412 g/mol. The van der Waals surface area contributed by atoms with E-state index in [1.54, 1.807) is 24.3 Å². The second kappa shape index (κ2) is 8.30. The fourth-order valence-corrected chi connectivity index (χ4v) is 7.27. The highest BCUT2D eigenvalue weighted by Gasteiger charge is 2.66. The van der Waals surface area contributed by atoms with E-state index >= 15 is 0 Å². The van der Waals surface area contributed by atoms with E-state index in [4.69, 9.17) is 9.47 Å². The Morgan fingerprint density at radius 2 is 1.33 bits per heavy atom. The van der Waals surface area contributed by atoms with Crippen LogP contribution in [0.5, 0.6) is 0 Å². The zero-order valence-electron chi connectivity index (χ0n) is 19.8. The van der Waals surface area contributed by atoms with Crippen molar-refractivity contribution >= 4 is 11.9 Å². The first-order chi connectivity index (χ1) is 15.8. The summed E-state index contributed by atoms with van der Waals surface area (Å²) < 4.78 is 12.4. The topological polar surface area (TPSA) is 52.6 Å². The highest BCUT2D eigenvalue weighted by Crippen LogP contribution is 2.69.